The van der Waals surface area contributed by atoms with Crippen LogP contribution in [0.3, 0.4) is 0 Å². The molecule has 3 rings (SSSR count). The molecular weight excluding hydrogens is 408 g/mol. The van der Waals surface area contributed by atoms with E-state index in [-0.39, 0.29) is 11.7 Å². The number of amides is 1. The van der Waals surface area contributed by atoms with Gasteiger partial charge in [-0.2, -0.15) is 0 Å². The van der Waals surface area contributed by atoms with Crippen LogP contribution in [0.1, 0.15) is 24.3 Å². The van der Waals surface area contributed by atoms with E-state index in [1.165, 1.54) is 11.3 Å². The van der Waals surface area contributed by atoms with Crippen LogP contribution in [0.2, 0.25) is 0 Å². The number of anilines is 1. The van der Waals surface area contributed by atoms with E-state index in [1.54, 1.807) is 25.8 Å². The standard InChI is InChI=1S/C24H30N4O2S/c1-16-9-11-17(12-10-16)30-24(2,3)23(29)28(5)14-13-27(4)19-7-6-8-20-18(19)15-21(31-20)22(25)26/h6-12,15H,13-14H2,1-5H3,(H3,25,26). The van der Waals surface area contributed by atoms with Crippen LogP contribution in [0, 0.1) is 12.3 Å². The van der Waals surface area contributed by atoms with Gasteiger partial charge in [0.05, 0.1) is 4.88 Å². The molecule has 0 unspecified atom stereocenters. The molecule has 3 aromatic rings. The highest BCUT2D eigenvalue weighted by Crippen LogP contribution is 2.32. The summed E-state index contributed by atoms with van der Waals surface area (Å²) in [6.45, 7) is 6.82. The molecule has 0 aliphatic carbocycles. The van der Waals surface area contributed by atoms with Crippen molar-refractivity contribution in [3.8, 4) is 5.75 Å². The summed E-state index contributed by atoms with van der Waals surface area (Å²) in [4.78, 5) is 17.6. The molecule has 6 nitrogen and oxygen atoms in total. The lowest BCUT2D eigenvalue weighted by Crippen LogP contribution is -2.49. The summed E-state index contributed by atoms with van der Waals surface area (Å²) >= 11 is 1.51. The first-order chi connectivity index (χ1) is 14.6. The van der Waals surface area contributed by atoms with E-state index in [9.17, 15) is 4.79 Å². The molecule has 1 aromatic heterocycles. The minimum atomic E-state index is -0.966. The fraction of sp³-hybridized carbons (Fsp3) is 0.333. The van der Waals surface area contributed by atoms with Crippen molar-refractivity contribution < 1.29 is 9.53 Å². The molecule has 1 heterocycles. The Hall–Kier alpha value is -3.06. The van der Waals surface area contributed by atoms with Crippen molar-refractivity contribution in [2.24, 2.45) is 5.73 Å². The Kier molecular flexibility index (Phi) is 6.55. The molecule has 0 atom stereocenters. The van der Waals surface area contributed by atoms with E-state index in [2.05, 4.69) is 4.90 Å². The number of hydrogen-bond donors (Lipinski definition) is 2. The third-order valence-corrected chi connectivity index (χ3v) is 6.38. The summed E-state index contributed by atoms with van der Waals surface area (Å²) in [7, 11) is 3.81. The van der Waals surface area contributed by atoms with Crippen molar-refractivity contribution in [3.05, 3.63) is 59.0 Å². The van der Waals surface area contributed by atoms with Gasteiger partial charge >= 0.3 is 0 Å². The van der Waals surface area contributed by atoms with Gasteiger partial charge in [-0.15, -0.1) is 11.3 Å². The first-order valence-electron chi connectivity index (χ1n) is 10.2. The first kappa shape index (κ1) is 22.6. The van der Waals surface area contributed by atoms with Crippen molar-refractivity contribution in [1.29, 1.82) is 5.41 Å². The third-order valence-electron chi connectivity index (χ3n) is 5.24. The molecular formula is C24H30N4O2S. The number of hydrogen-bond acceptors (Lipinski definition) is 5. The number of ether oxygens (including phenoxy) is 1. The highest BCUT2D eigenvalue weighted by atomic mass is 32.1. The van der Waals surface area contributed by atoms with E-state index in [0.29, 0.717) is 18.8 Å². The number of nitrogens with two attached hydrogens (primary N) is 1. The molecule has 0 aliphatic rings. The number of nitrogens with one attached hydrogen (secondary N) is 1. The van der Waals surface area contributed by atoms with Gasteiger partial charge in [0.1, 0.15) is 11.6 Å². The lowest BCUT2D eigenvalue weighted by molar-refractivity contribution is -0.143. The van der Waals surface area contributed by atoms with Gasteiger partial charge in [0.15, 0.2) is 5.60 Å². The van der Waals surface area contributed by atoms with Crippen LogP contribution >= 0.6 is 11.3 Å². The minimum Gasteiger partial charge on any atom is -0.478 e. The molecule has 0 fully saturated rings. The maximum atomic E-state index is 13.0. The number of nitrogens with zero attached hydrogens (tertiary/aromatic N) is 2. The fourth-order valence-corrected chi connectivity index (χ4v) is 4.38. The second kappa shape index (κ2) is 8.98. The average molecular weight is 439 g/mol. The molecule has 3 N–H and O–H groups in total. The molecule has 0 saturated carbocycles. The predicted octanol–water partition coefficient (Wildman–Crippen LogP) is 4.25. The Balaban J connectivity index is 1.66. The second-order valence-corrected chi connectivity index (χ2v) is 9.37. The van der Waals surface area contributed by atoms with Gasteiger partial charge in [-0.3, -0.25) is 10.2 Å². The van der Waals surface area contributed by atoms with Gasteiger partial charge in [-0.25, -0.2) is 0 Å². The van der Waals surface area contributed by atoms with E-state index >= 15 is 0 Å². The zero-order chi connectivity index (χ0) is 22.8. The number of amidine groups is 1. The van der Waals surface area contributed by atoms with Crippen molar-refractivity contribution >= 4 is 38.9 Å². The summed E-state index contributed by atoms with van der Waals surface area (Å²) in [6, 6.07) is 15.7. The highest BCUT2D eigenvalue weighted by Gasteiger charge is 2.32. The Morgan fingerprint density at radius 3 is 2.45 bits per heavy atom. The van der Waals surface area contributed by atoms with E-state index in [0.717, 1.165) is 26.2 Å². The molecule has 0 aliphatic heterocycles. The molecule has 0 radical (unpaired) electrons. The normalized spacial score (nSPS) is 11.4. The number of rotatable bonds is 8. The van der Waals surface area contributed by atoms with Crippen molar-refractivity contribution in [2.75, 3.05) is 32.1 Å². The van der Waals surface area contributed by atoms with Crippen LogP contribution in [-0.2, 0) is 4.79 Å². The lowest BCUT2D eigenvalue weighted by atomic mass is 10.1. The van der Waals surface area contributed by atoms with Gasteiger partial charge in [-0.1, -0.05) is 23.8 Å². The Labute approximate surface area is 187 Å². The number of likely N-dealkylation sites (N-methyl/N-ethyl adjacent to an activating group) is 2. The van der Waals surface area contributed by atoms with Gasteiger partial charge < -0.3 is 20.3 Å². The average Bonchev–Trinajstić information content (AvgIpc) is 3.17. The zero-order valence-electron chi connectivity index (χ0n) is 18.7. The van der Waals surface area contributed by atoms with Crippen LogP contribution in [0.4, 0.5) is 5.69 Å². The van der Waals surface area contributed by atoms with Crippen LogP contribution < -0.4 is 15.4 Å². The smallest absolute Gasteiger partial charge is 0.265 e. The maximum Gasteiger partial charge on any atom is 0.265 e. The molecule has 0 spiro atoms. The molecule has 2 aromatic carbocycles. The van der Waals surface area contributed by atoms with Gasteiger partial charge in [0, 0.05) is 43.0 Å². The van der Waals surface area contributed by atoms with E-state index < -0.39 is 5.60 Å². The minimum absolute atomic E-state index is 0.0749. The predicted molar refractivity (Wildman–Crippen MR) is 130 cm³/mol. The summed E-state index contributed by atoms with van der Waals surface area (Å²) in [6.07, 6.45) is 0. The van der Waals surface area contributed by atoms with E-state index in [4.69, 9.17) is 15.9 Å². The highest BCUT2D eigenvalue weighted by molar-refractivity contribution is 7.20. The third kappa shape index (κ3) is 5.17. The number of carbonyl (C=O) groups excluding carboxylic acids is 1. The lowest BCUT2D eigenvalue weighted by Gasteiger charge is -2.31. The first-order valence-corrected chi connectivity index (χ1v) is 11.0. The second-order valence-electron chi connectivity index (χ2n) is 8.29. The summed E-state index contributed by atoms with van der Waals surface area (Å²) in [5.74, 6) is 0.685. The molecule has 31 heavy (non-hydrogen) atoms. The number of benzene rings is 2. The van der Waals surface area contributed by atoms with Crippen molar-refractivity contribution in [1.82, 2.24) is 4.90 Å². The number of aryl methyl sites for hydroxylation is 1. The number of fused-ring (bicyclic) bond motifs is 1. The maximum absolute atomic E-state index is 13.0. The van der Waals surface area contributed by atoms with Crippen LogP contribution in [0.15, 0.2) is 48.5 Å². The van der Waals surface area contributed by atoms with E-state index in [1.807, 2.05) is 62.5 Å². The number of thiophene rings is 1. The Morgan fingerprint density at radius 2 is 1.81 bits per heavy atom. The van der Waals surface area contributed by atoms with Gasteiger partial charge in [-0.05, 0) is 51.1 Å². The Bertz CT molecular complexity index is 1090. The molecule has 164 valence electrons. The zero-order valence-corrected chi connectivity index (χ0v) is 19.5. The van der Waals surface area contributed by atoms with Crippen molar-refractivity contribution in [3.63, 3.8) is 0 Å². The summed E-state index contributed by atoms with van der Waals surface area (Å²) in [5.41, 5.74) is 6.90. The molecule has 0 bridgehead atoms. The van der Waals surface area contributed by atoms with Crippen LogP contribution in [0.25, 0.3) is 10.1 Å². The summed E-state index contributed by atoms with van der Waals surface area (Å²) < 4.78 is 7.07. The molecule has 1 amide bonds. The Morgan fingerprint density at radius 1 is 1.13 bits per heavy atom. The summed E-state index contributed by atoms with van der Waals surface area (Å²) in [5, 5.41) is 8.76. The largest absolute Gasteiger partial charge is 0.478 e. The monoisotopic (exact) mass is 438 g/mol. The number of carbonyl (C=O) groups is 1. The van der Waals surface area contributed by atoms with Crippen LogP contribution in [-0.4, -0.2) is 49.4 Å². The SMILES string of the molecule is Cc1ccc(OC(C)(C)C(=O)N(C)CCN(C)c2cccc3sc(C(=N)N)cc23)cc1. The van der Waals surface area contributed by atoms with Crippen LogP contribution in [0.5, 0.6) is 5.75 Å². The fourth-order valence-electron chi connectivity index (χ4n) is 3.44. The van der Waals surface area contributed by atoms with Crippen molar-refractivity contribution in [2.45, 2.75) is 26.4 Å². The molecule has 0 saturated heterocycles. The quantitative estimate of drug-likeness (QED) is 0.407. The van der Waals surface area contributed by atoms with Gasteiger partial charge in [0.25, 0.3) is 5.91 Å². The topological polar surface area (TPSA) is 82.7 Å². The number of nitrogen functional groups attached to an aromatic ring is 1. The van der Waals surface area contributed by atoms with Gasteiger partial charge in [0.2, 0.25) is 0 Å². The molecule has 7 heteroatoms.